The molecule has 0 atom stereocenters. The summed E-state index contributed by atoms with van der Waals surface area (Å²) in [4.78, 5) is 5.48. The van der Waals surface area contributed by atoms with Gasteiger partial charge in [-0.1, -0.05) is 18.2 Å². The fourth-order valence-electron chi connectivity index (χ4n) is 1.66. The van der Waals surface area contributed by atoms with Crippen molar-refractivity contribution < 1.29 is 8.42 Å². The Labute approximate surface area is 111 Å². The molecule has 1 aromatic heterocycles. The Morgan fingerprint density at radius 3 is 2.78 bits per heavy atom. The number of hydrogen-bond donors (Lipinski definition) is 1. The molecule has 0 aliphatic carbocycles. The van der Waals surface area contributed by atoms with E-state index in [9.17, 15) is 8.42 Å². The van der Waals surface area contributed by atoms with Crippen LogP contribution in [-0.2, 0) is 10.0 Å². The summed E-state index contributed by atoms with van der Waals surface area (Å²) in [5.74, 6) is 0.430. The highest BCUT2D eigenvalue weighted by molar-refractivity contribution is 8.00. The third-order valence-corrected chi connectivity index (χ3v) is 4.52. The number of pyridine rings is 1. The van der Waals surface area contributed by atoms with Crippen molar-refractivity contribution in [3.05, 3.63) is 36.0 Å². The van der Waals surface area contributed by atoms with Crippen molar-refractivity contribution in [3.63, 3.8) is 0 Å². The second-order valence-corrected chi connectivity index (χ2v) is 6.87. The average Bonchev–Trinajstić information content (AvgIpc) is 2.27. The summed E-state index contributed by atoms with van der Waals surface area (Å²) in [5.41, 5.74) is 1.85. The number of nitrogens with zero attached hydrogens (tertiary/aromatic N) is 1. The summed E-state index contributed by atoms with van der Waals surface area (Å²) in [6, 6.07) is 9.79. The van der Waals surface area contributed by atoms with Gasteiger partial charge in [-0.25, -0.2) is 13.6 Å². The number of thioether (sulfide) groups is 1. The first-order chi connectivity index (χ1) is 8.46. The molecule has 4 nitrogen and oxygen atoms in total. The Kier molecular flexibility index (Phi) is 3.89. The van der Waals surface area contributed by atoms with E-state index in [0.29, 0.717) is 5.75 Å². The number of primary sulfonamides is 1. The molecule has 6 heteroatoms. The zero-order chi connectivity index (χ0) is 13.2. The number of rotatable bonds is 4. The molecule has 0 saturated carbocycles. The lowest BCUT2D eigenvalue weighted by Gasteiger charge is -2.07. The van der Waals surface area contributed by atoms with Gasteiger partial charge < -0.3 is 0 Å². The van der Waals surface area contributed by atoms with Crippen molar-refractivity contribution >= 4 is 32.7 Å². The van der Waals surface area contributed by atoms with Crippen molar-refractivity contribution in [3.8, 4) is 0 Å². The summed E-state index contributed by atoms with van der Waals surface area (Å²) >= 11 is 1.49. The molecule has 2 rings (SSSR count). The van der Waals surface area contributed by atoms with Crippen molar-refractivity contribution in [1.29, 1.82) is 0 Å². The maximum atomic E-state index is 10.9. The number of sulfonamides is 1. The van der Waals surface area contributed by atoms with Crippen LogP contribution in [0.4, 0.5) is 0 Å². The van der Waals surface area contributed by atoms with Crippen LogP contribution in [0.25, 0.3) is 10.9 Å². The largest absolute Gasteiger partial charge is 0.253 e. The number of benzene rings is 1. The monoisotopic (exact) mass is 282 g/mol. The van der Waals surface area contributed by atoms with Gasteiger partial charge in [-0.3, -0.25) is 4.98 Å². The fourth-order valence-corrected chi connectivity index (χ4v) is 3.72. The number of nitrogens with two attached hydrogens (primary N) is 1. The minimum absolute atomic E-state index is 0.0205. The maximum Gasteiger partial charge on any atom is 0.209 e. The Balaban J connectivity index is 2.27. The first kappa shape index (κ1) is 13.3. The average molecular weight is 282 g/mol. The van der Waals surface area contributed by atoms with Crippen LogP contribution in [0.3, 0.4) is 0 Å². The minimum Gasteiger partial charge on any atom is -0.253 e. The summed E-state index contributed by atoms with van der Waals surface area (Å²) in [5, 5.41) is 6.03. The molecule has 0 bridgehead atoms. The molecule has 2 aromatic rings. The topological polar surface area (TPSA) is 73.1 Å². The predicted octanol–water partition coefficient (Wildman–Crippen LogP) is 1.92. The minimum atomic E-state index is -3.39. The van der Waals surface area contributed by atoms with Gasteiger partial charge in [-0.15, -0.1) is 11.8 Å². The Morgan fingerprint density at radius 2 is 2.06 bits per heavy atom. The standard InChI is InChI=1S/C12H14N2O2S2/c1-9-8-12(17-6-7-18(13,15)16)10-4-2-3-5-11(10)14-9/h2-5,8H,6-7H2,1H3,(H2,13,15,16). The maximum absolute atomic E-state index is 10.9. The Bertz CT molecular complexity index is 669. The molecule has 1 heterocycles. The summed E-state index contributed by atoms with van der Waals surface area (Å²) in [7, 11) is -3.39. The van der Waals surface area contributed by atoms with Gasteiger partial charge in [0.05, 0.1) is 11.3 Å². The number of para-hydroxylation sites is 1. The van der Waals surface area contributed by atoms with Crippen molar-refractivity contribution in [2.45, 2.75) is 11.8 Å². The van der Waals surface area contributed by atoms with Gasteiger partial charge in [0.25, 0.3) is 0 Å². The van der Waals surface area contributed by atoms with Gasteiger partial charge in [0.1, 0.15) is 0 Å². The van der Waals surface area contributed by atoms with Crippen molar-refractivity contribution in [2.24, 2.45) is 5.14 Å². The lowest BCUT2D eigenvalue weighted by molar-refractivity contribution is 0.599. The van der Waals surface area contributed by atoms with Gasteiger partial charge in [0, 0.05) is 21.7 Å². The summed E-state index contributed by atoms with van der Waals surface area (Å²) in [6.07, 6.45) is 0. The van der Waals surface area contributed by atoms with Crippen LogP contribution in [0.5, 0.6) is 0 Å². The molecule has 1 aromatic carbocycles. The molecule has 18 heavy (non-hydrogen) atoms. The van der Waals surface area contributed by atoms with Crippen LogP contribution in [0.2, 0.25) is 0 Å². The molecule has 96 valence electrons. The Morgan fingerprint density at radius 1 is 1.33 bits per heavy atom. The van der Waals surface area contributed by atoms with Gasteiger partial charge in [0.15, 0.2) is 0 Å². The predicted molar refractivity (Wildman–Crippen MR) is 75.2 cm³/mol. The first-order valence-corrected chi connectivity index (χ1v) is 8.15. The molecule has 0 spiro atoms. The SMILES string of the molecule is Cc1cc(SCCS(N)(=O)=O)c2ccccc2n1. The third kappa shape index (κ3) is 3.44. The van der Waals surface area contributed by atoms with Crippen LogP contribution in [0.1, 0.15) is 5.69 Å². The van der Waals surface area contributed by atoms with E-state index in [0.717, 1.165) is 21.5 Å². The quantitative estimate of drug-likeness (QED) is 0.870. The van der Waals surface area contributed by atoms with Gasteiger partial charge in [-0.05, 0) is 19.1 Å². The zero-order valence-electron chi connectivity index (χ0n) is 9.96. The van der Waals surface area contributed by atoms with E-state index < -0.39 is 10.0 Å². The third-order valence-electron chi connectivity index (χ3n) is 2.43. The molecular weight excluding hydrogens is 268 g/mol. The lowest BCUT2D eigenvalue weighted by atomic mass is 10.2. The molecule has 0 radical (unpaired) electrons. The van der Waals surface area contributed by atoms with Crippen LogP contribution in [-0.4, -0.2) is 24.9 Å². The normalized spacial score (nSPS) is 11.9. The molecular formula is C12H14N2O2S2. The highest BCUT2D eigenvalue weighted by atomic mass is 32.2. The van der Waals surface area contributed by atoms with Crippen LogP contribution >= 0.6 is 11.8 Å². The Hall–Kier alpha value is -1.11. The summed E-state index contributed by atoms with van der Waals surface area (Å²) in [6.45, 7) is 1.93. The van der Waals surface area contributed by atoms with Crippen LogP contribution < -0.4 is 5.14 Å². The zero-order valence-corrected chi connectivity index (χ0v) is 11.6. The molecule has 0 aliphatic rings. The molecule has 0 aliphatic heterocycles. The fraction of sp³-hybridized carbons (Fsp3) is 0.250. The first-order valence-electron chi connectivity index (χ1n) is 5.45. The molecule has 0 unspecified atom stereocenters. The highest BCUT2D eigenvalue weighted by Gasteiger charge is 2.07. The van der Waals surface area contributed by atoms with E-state index in [-0.39, 0.29) is 5.75 Å². The van der Waals surface area contributed by atoms with Crippen molar-refractivity contribution in [1.82, 2.24) is 4.98 Å². The summed E-state index contributed by atoms with van der Waals surface area (Å²) < 4.78 is 21.8. The van der Waals surface area contributed by atoms with E-state index >= 15 is 0 Å². The second kappa shape index (κ2) is 5.26. The number of hydrogen-bond acceptors (Lipinski definition) is 4. The van der Waals surface area contributed by atoms with Crippen LogP contribution in [0, 0.1) is 6.92 Å². The molecule has 2 N–H and O–H groups in total. The molecule has 0 saturated heterocycles. The van der Waals surface area contributed by atoms with Gasteiger partial charge in [-0.2, -0.15) is 0 Å². The number of aryl methyl sites for hydroxylation is 1. The second-order valence-electron chi connectivity index (χ2n) is 3.99. The number of aromatic nitrogens is 1. The van der Waals surface area contributed by atoms with E-state index in [1.54, 1.807) is 0 Å². The van der Waals surface area contributed by atoms with Gasteiger partial charge >= 0.3 is 0 Å². The smallest absolute Gasteiger partial charge is 0.209 e. The molecule has 0 amide bonds. The highest BCUT2D eigenvalue weighted by Crippen LogP contribution is 2.27. The number of fused-ring (bicyclic) bond motifs is 1. The van der Waals surface area contributed by atoms with Gasteiger partial charge in [0.2, 0.25) is 10.0 Å². The van der Waals surface area contributed by atoms with E-state index in [4.69, 9.17) is 5.14 Å². The lowest BCUT2D eigenvalue weighted by Crippen LogP contribution is -2.17. The van der Waals surface area contributed by atoms with E-state index in [1.807, 2.05) is 37.3 Å². The van der Waals surface area contributed by atoms with Crippen LogP contribution in [0.15, 0.2) is 35.2 Å². The van der Waals surface area contributed by atoms with E-state index in [1.165, 1.54) is 11.8 Å². The van der Waals surface area contributed by atoms with E-state index in [2.05, 4.69) is 4.98 Å². The molecule has 0 fully saturated rings. The van der Waals surface area contributed by atoms with Crippen molar-refractivity contribution in [2.75, 3.05) is 11.5 Å².